The number of hydrogen-bond acceptors (Lipinski definition) is 8. The molecule has 10 nitrogen and oxygen atoms in total. The summed E-state index contributed by atoms with van der Waals surface area (Å²) < 4.78 is 11.7. The van der Waals surface area contributed by atoms with Gasteiger partial charge < -0.3 is 14.5 Å². The standard InChI is InChI=1S/C26H30N6O4/c1-5-36-25(33)16-32-24(28-29-30-32)15-31(13-19-6-8-21(35-4)9-7-19)14-20-12-22-18(3)10-17(2)11-23(22)27-26(20)34/h6-12H,5,13-16H2,1-4H3,(H,27,34). The average Bonchev–Trinajstić information content (AvgIpc) is 3.26. The lowest BCUT2D eigenvalue weighted by Crippen LogP contribution is -2.28. The summed E-state index contributed by atoms with van der Waals surface area (Å²) >= 11 is 0. The van der Waals surface area contributed by atoms with Crippen LogP contribution >= 0.6 is 0 Å². The van der Waals surface area contributed by atoms with Crippen LogP contribution in [0.25, 0.3) is 10.9 Å². The third-order valence-corrected chi connectivity index (χ3v) is 5.90. The van der Waals surface area contributed by atoms with Gasteiger partial charge in [-0.15, -0.1) is 5.10 Å². The number of hydrogen-bond donors (Lipinski definition) is 1. The highest BCUT2D eigenvalue weighted by molar-refractivity contribution is 5.83. The molecular weight excluding hydrogens is 460 g/mol. The molecule has 2 heterocycles. The first-order valence-electron chi connectivity index (χ1n) is 11.8. The number of nitrogens with one attached hydrogen (secondary N) is 1. The number of methoxy groups -OCH3 is 1. The summed E-state index contributed by atoms with van der Waals surface area (Å²) in [5, 5.41) is 12.8. The SMILES string of the molecule is CCOC(=O)Cn1nnnc1CN(Cc1ccc(OC)cc1)Cc1cc2c(C)cc(C)cc2[nH]c1=O. The Bertz CT molecular complexity index is 1410. The quantitative estimate of drug-likeness (QED) is 0.338. The summed E-state index contributed by atoms with van der Waals surface area (Å²) in [6.07, 6.45) is 0. The van der Waals surface area contributed by atoms with Gasteiger partial charge in [-0.2, -0.15) is 0 Å². The maximum Gasteiger partial charge on any atom is 0.327 e. The lowest BCUT2D eigenvalue weighted by molar-refractivity contribution is -0.144. The molecule has 0 unspecified atom stereocenters. The van der Waals surface area contributed by atoms with Crippen molar-refractivity contribution in [2.24, 2.45) is 0 Å². The zero-order valence-corrected chi connectivity index (χ0v) is 20.9. The van der Waals surface area contributed by atoms with Crippen molar-refractivity contribution in [3.8, 4) is 5.75 Å². The number of fused-ring (bicyclic) bond motifs is 1. The number of carbonyl (C=O) groups excluding carboxylic acids is 1. The fourth-order valence-corrected chi connectivity index (χ4v) is 4.22. The zero-order chi connectivity index (χ0) is 25.7. The van der Waals surface area contributed by atoms with Crippen LogP contribution in [0.5, 0.6) is 5.75 Å². The molecule has 2 aromatic carbocycles. The van der Waals surface area contributed by atoms with E-state index in [0.717, 1.165) is 33.3 Å². The Morgan fingerprint density at radius 3 is 2.58 bits per heavy atom. The number of ether oxygens (including phenoxy) is 2. The van der Waals surface area contributed by atoms with Gasteiger partial charge in [-0.1, -0.05) is 18.2 Å². The van der Waals surface area contributed by atoms with E-state index < -0.39 is 5.97 Å². The van der Waals surface area contributed by atoms with E-state index in [1.54, 1.807) is 14.0 Å². The van der Waals surface area contributed by atoms with Gasteiger partial charge in [0.2, 0.25) is 0 Å². The largest absolute Gasteiger partial charge is 0.497 e. The van der Waals surface area contributed by atoms with Gasteiger partial charge in [-0.25, -0.2) is 4.68 Å². The second kappa shape index (κ2) is 11.1. The number of benzene rings is 2. The molecule has 4 rings (SSSR count). The van der Waals surface area contributed by atoms with Crippen molar-refractivity contribution >= 4 is 16.9 Å². The van der Waals surface area contributed by atoms with Crippen LogP contribution in [-0.2, 0) is 35.7 Å². The van der Waals surface area contributed by atoms with Gasteiger partial charge in [0.05, 0.1) is 20.3 Å². The first-order chi connectivity index (χ1) is 17.4. The van der Waals surface area contributed by atoms with E-state index in [0.29, 0.717) is 31.0 Å². The Morgan fingerprint density at radius 1 is 1.08 bits per heavy atom. The van der Waals surface area contributed by atoms with Crippen LogP contribution in [0.4, 0.5) is 0 Å². The monoisotopic (exact) mass is 490 g/mol. The number of rotatable bonds is 10. The number of carbonyl (C=O) groups is 1. The maximum atomic E-state index is 13.0. The van der Waals surface area contributed by atoms with Gasteiger partial charge >= 0.3 is 5.97 Å². The fraction of sp³-hybridized carbons (Fsp3) is 0.346. The van der Waals surface area contributed by atoms with Crippen LogP contribution < -0.4 is 10.3 Å². The van der Waals surface area contributed by atoms with Crippen molar-refractivity contribution in [3.63, 3.8) is 0 Å². The number of aromatic amines is 1. The Hall–Kier alpha value is -4.05. The second-order valence-corrected chi connectivity index (χ2v) is 8.72. The van der Waals surface area contributed by atoms with Crippen LogP contribution in [0.15, 0.2) is 47.3 Å². The van der Waals surface area contributed by atoms with Crippen LogP contribution in [0, 0.1) is 13.8 Å². The molecule has 0 bridgehead atoms. The number of pyridine rings is 1. The lowest BCUT2D eigenvalue weighted by Gasteiger charge is -2.22. The Kier molecular flexibility index (Phi) is 7.74. The van der Waals surface area contributed by atoms with E-state index in [-0.39, 0.29) is 18.7 Å². The van der Waals surface area contributed by atoms with Gasteiger partial charge in [0, 0.05) is 29.6 Å². The van der Waals surface area contributed by atoms with E-state index in [1.807, 2.05) is 50.2 Å². The first kappa shape index (κ1) is 25.1. The highest BCUT2D eigenvalue weighted by Crippen LogP contribution is 2.20. The van der Waals surface area contributed by atoms with E-state index >= 15 is 0 Å². The zero-order valence-electron chi connectivity index (χ0n) is 20.9. The predicted octanol–water partition coefficient (Wildman–Crippen LogP) is 2.91. The molecule has 2 aromatic heterocycles. The molecule has 0 aliphatic rings. The van der Waals surface area contributed by atoms with Gasteiger partial charge in [-0.3, -0.25) is 14.5 Å². The molecule has 4 aromatic rings. The van der Waals surface area contributed by atoms with Gasteiger partial charge in [-0.05, 0) is 72.2 Å². The van der Waals surface area contributed by atoms with Gasteiger partial charge in [0.1, 0.15) is 12.3 Å². The van der Waals surface area contributed by atoms with Crippen LogP contribution in [0.2, 0.25) is 0 Å². The van der Waals surface area contributed by atoms with Crippen LogP contribution in [-0.4, -0.2) is 49.8 Å². The summed E-state index contributed by atoms with van der Waals surface area (Å²) in [4.78, 5) is 30.1. The molecule has 0 aliphatic heterocycles. The Labute approximate surface area is 208 Å². The topological polar surface area (TPSA) is 115 Å². The molecule has 0 saturated heterocycles. The third-order valence-electron chi connectivity index (χ3n) is 5.90. The maximum absolute atomic E-state index is 13.0. The summed E-state index contributed by atoms with van der Waals surface area (Å²) in [6.45, 7) is 7.20. The Morgan fingerprint density at radius 2 is 1.86 bits per heavy atom. The Balaban J connectivity index is 1.65. The van der Waals surface area contributed by atoms with E-state index in [1.165, 1.54) is 4.68 Å². The van der Waals surface area contributed by atoms with E-state index in [2.05, 4.69) is 31.5 Å². The van der Waals surface area contributed by atoms with E-state index in [4.69, 9.17) is 9.47 Å². The van der Waals surface area contributed by atoms with Crippen LogP contribution in [0.3, 0.4) is 0 Å². The normalized spacial score (nSPS) is 11.2. The van der Waals surface area contributed by atoms with Crippen LogP contribution in [0.1, 0.15) is 35.0 Å². The molecule has 0 saturated carbocycles. The third kappa shape index (κ3) is 5.95. The number of esters is 1. The van der Waals surface area contributed by atoms with Crippen molar-refractivity contribution in [1.29, 1.82) is 0 Å². The number of nitrogens with zero attached hydrogens (tertiary/aromatic N) is 5. The van der Waals surface area contributed by atoms with E-state index in [9.17, 15) is 9.59 Å². The molecule has 0 atom stereocenters. The van der Waals surface area contributed by atoms with Crippen molar-refractivity contribution in [1.82, 2.24) is 30.1 Å². The summed E-state index contributed by atoms with van der Waals surface area (Å²) in [5.74, 6) is 0.852. The minimum atomic E-state index is -0.413. The average molecular weight is 491 g/mol. The molecule has 10 heteroatoms. The second-order valence-electron chi connectivity index (χ2n) is 8.72. The van der Waals surface area contributed by atoms with Crippen molar-refractivity contribution in [2.75, 3.05) is 13.7 Å². The smallest absolute Gasteiger partial charge is 0.327 e. The molecule has 36 heavy (non-hydrogen) atoms. The lowest BCUT2D eigenvalue weighted by atomic mass is 10.0. The minimum Gasteiger partial charge on any atom is -0.497 e. The van der Waals surface area contributed by atoms with Crippen molar-refractivity contribution < 1.29 is 14.3 Å². The highest BCUT2D eigenvalue weighted by Gasteiger charge is 2.18. The van der Waals surface area contributed by atoms with Crippen molar-refractivity contribution in [3.05, 3.63) is 80.9 Å². The number of aromatic nitrogens is 5. The molecule has 1 N–H and O–H groups in total. The number of tetrazole rings is 1. The number of H-pyrrole nitrogens is 1. The molecule has 0 spiro atoms. The van der Waals surface area contributed by atoms with Gasteiger partial charge in [0.25, 0.3) is 5.56 Å². The summed E-state index contributed by atoms with van der Waals surface area (Å²) in [7, 11) is 1.63. The van der Waals surface area contributed by atoms with Gasteiger partial charge in [0.15, 0.2) is 5.82 Å². The molecule has 188 valence electrons. The number of aryl methyl sites for hydroxylation is 2. The van der Waals surface area contributed by atoms with Crippen molar-refractivity contribution in [2.45, 2.75) is 47.0 Å². The molecule has 0 fully saturated rings. The molecule has 0 aliphatic carbocycles. The fourth-order valence-electron chi connectivity index (χ4n) is 4.22. The predicted molar refractivity (Wildman–Crippen MR) is 134 cm³/mol. The summed E-state index contributed by atoms with van der Waals surface area (Å²) in [5.41, 5.74) is 4.54. The minimum absolute atomic E-state index is 0.0817. The first-order valence-corrected chi connectivity index (χ1v) is 11.8. The molecular formula is C26H30N6O4. The molecule has 0 radical (unpaired) electrons. The highest BCUT2D eigenvalue weighted by atomic mass is 16.5. The summed E-state index contributed by atoms with van der Waals surface area (Å²) in [6, 6.07) is 13.8. The molecule has 0 amide bonds.